The van der Waals surface area contributed by atoms with E-state index in [1.165, 1.54) is 0 Å². The van der Waals surface area contributed by atoms with Crippen molar-refractivity contribution in [3.8, 4) is 0 Å². The topological polar surface area (TPSA) is 214 Å². The van der Waals surface area contributed by atoms with Crippen LogP contribution in [0.1, 0.15) is 12.8 Å². The molecule has 0 spiro atoms. The van der Waals surface area contributed by atoms with Gasteiger partial charge in [-0.15, -0.1) is 0 Å². The fourth-order valence-corrected chi connectivity index (χ4v) is 1.53. The second-order valence-corrected chi connectivity index (χ2v) is 4.69. The summed E-state index contributed by atoms with van der Waals surface area (Å²) in [4.78, 5) is 56.0. The van der Waals surface area contributed by atoms with E-state index < -0.39 is 54.8 Å². The summed E-state index contributed by atoms with van der Waals surface area (Å²) in [7, 11) is 0. The van der Waals surface area contributed by atoms with Gasteiger partial charge in [-0.25, -0.2) is 4.79 Å². The van der Waals surface area contributed by atoms with E-state index in [1.54, 1.807) is 0 Å². The summed E-state index contributed by atoms with van der Waals surface area (Å²) in [5, 5.41) is 24.3. The van der Waals surface area contributed by atoms with Gasteiger partial charge >= 0.3 is 5.97 Å². The lowest BCUT2D eigenvalue weighted by atomic mass is 10.1. The van der Waals surface area contributed by atoms with Crippen molar-refractivity contribution in [1.29, 1.82) is 0 Å². The minimum atomic E-state index is -1.36. The largest absolute Gasteiger partial charge is 0.480 e. The quantitative estimate of drug-likeness (QED) is 0.192. The second-order valence-electron chi connectivity index (χ2n) is 4.69. The molecule has 0 aliphatic heterocycles. The van der Waals surface area contributed by atoms with Crippen LogP contribution < -0.4 is 27.4 Å². The van der Waals surface area contributed by atoms with E-state index in [0.29, 0.717) is 0 Å². The molecule has 0 aliphatic rings. The van der Waals surface area contributed by atoms with Crippen LogP contribution in [0, 0.1) is 0 Å². The van der Waals surface area contributed by atoms with Crippen molar-refractivity contribution in [2.45, 2.75) is 24.9 Å². The van der Waals surface area contributed by atoms with Crippen molar-refractivity contribution in [2.24, 2.45) is 11.5 Å². The highest BCUT2D eigenvalue weighted by atomic mass is 16.4. The highest BCUT2D eigenvalue weighted by Gasteiger charge is 2.23. The van der Waals surface area contributed by atoms with Crippen LogP contribution in [0.4, 0.5) is 0 Å². The molecular weight excluding hydrogens is 326 g/mol. The molecule has 0 aromatic heterocycles. The zero-order valence-corrected chi connectivity index (χ0v) is 12.8. The van der Waals surface area contributed by atoms with Crippen molar-refractivity contribution in [1.82, 2.24) is 16.0 Å². The van der Waals surface area contributed by atoms with Gasteiger partial charge in [0.15, 0.2) is 0 Å². The van der Waals surface area contributed by atoms with Crippen molar-refractivity contribution in [2.75, 3.05) is 19.7 Å². The highest BCUT2D eigenvalue weighted by molar-refractivity contribution is 5.92. The number of rotatable bonds is 11. The average Bonchev–Trinajstić information content (AvgIpc) is 2.53. The van der Waals surface area contributed by atoms with Crippen molar-refractivity contribution in [3.05, 3.63) is 0 Å². The molecule has 2 atom stereocenters. The molecule has 0 fully saturated rings. The van der Waals surface area contributed by atoms with E-state index in [1.807, 2.05) is 0 Å². The normalized spacial score (nSPS) is 12.6. The zero-order valence-electron chi connectivity index (χ0n) is 12.8. The molecule has 0 aromatic rings. The van der Waals surface area contributed by atoms with Crippen molar-refractivity contribution < 1.29 is 34.2 Å². The highest BCUT2D eigenvalue weighted by Crippen LogP contribution is 1.97. The minimum Gasteiger partial charge on any atom is -0.480 e. The first-order chi connectivity index (χ1) is 11.2. The van der Waals surface area contributed by atoms with Gasteiger partial charge in [0.1, 0.15) is 12.1 Å². The average molecular weight is 347 g/mol. The standard InChI is InChI=1S/C12H21N5O7/c13-3-9(20)17-7(5-18)11(22)15-4-10(21)16-6(12(23)24)1-2-8(14)19/h6-7,18H,1-5,13H2,(H2,14,19)(H,15,22)(H,16,21)(H,17,20)(H,23,24). The van der Waals surface area contributed by atoms with Gasteiger partial charge in [0.2, 0.25) is 23.6 Å². The van der Waals surface area contributed by atoms with E-state index in [0.717, 1.165) is 0 Å². The number of primary amides is 1. The van der Waals surface area contributed by atoms with E-state index in [-0.39, 0.29) is 19.4 Å². The number of aliphatic hydroxyl groups excluding tert-OH is 1. The van der Waals surface area contributed by atoms with Crippen LogP contribution in [-0.2, 0) is 24.0 Å². The van der Waals surface area contributed by atoms with Crippen LogP contribution in [0.2, 0.25) is 0 Å². The third-order valence-corrected chi connectivity index (χ3v) is 2.76. The van der Waals surface area contributed by atoms with Crippen molar-refractivity contribution in [3.63, 3.8) is 0 Å². The van der Waals surface area contributed by atoms with Gasteiger partial charge in [0.05, 0.1) is 19.7 Å². The number of aliphatic hydroxyl groups is 1. The molecule has 4 amide bonds. The summed E-state index contributed by atoms with van der Waals surface area (Å²) in [5.74, 6) is -4.43. The summed E-state index contributed by atoms with van der Waals surface area (Å²) in [6, 6.07) is -2.63. The smallest absolute Gasteiger partial charge is 0.326 e. The van der Waals surface area contributed by atoms with Gasteiger partial charge in [0.25, 0.3) is 0 Å². The van der Waals surface area contributed by atoms with Crippen LogP contribution in [0.15, 0.2) is 0 Å². The Labute approximate surface area is 136 Å². The third-order valence-electron chi connectivity index (χ3n) is 2.76. The van der Waals surface area contributed by atoms with Crippen LogP contribution >= 0.6 is 0 Å². The van der Waals surface area contributed by atoms with E-state index in [2.05, 4.69) is 16.0 Å². The van der Waals surface area contributed by atoms with E-state index >= 15 is 0 Å². The predicted octanol–water partition coefficient (Wildman–Crippen LogP) is -4.63. The number of hydrogen-bond acceptors (Lipinski definition) is 7. The molecule has 0 aromatic carbocycles. The molecule has 2 unspecified atom stereocenters. The summed E-state index contributed by atoms with van der Waals surface area (Å²) in [5.41, 5.74) is 9.95. The molecule has 9 N–H and O–H groups in total. The number of nitrogens with one attached hydrogen (secondary N) is 3. The number of aliphatic carboxylic acids is 1. The van der Waals surface area contributed by atoms with Gasteiger partial charge < -0.3 is 37.6 Å². The lowest BCUT2D eigenvalue weighted by Gasteiger charge is -2.17. The summed E-state index contributed by atoms with van der Waals surface area (Å²) in [6.45, 7) is -1.69. The molecule has 0 saturated heterocycles. The number of amides is 4. The first-order valence-electron chi connectivity index (χ1n) is 6.89. The number of nitrogens with two attached hydrogens (primary N) is 2. The SMILES string of the molecule is NCC(=O)NC(CO)C(=O)NCC(=O)NC(CCC(N)=O)C(=O)O. The molecule has 0 bridgehead atoms. The van der Waals surface area contributed by atoms with Gasteiger partial charge in [-0.3, -0.25) is 19.2 Å². The van der Waals surface area contributed by atoms with Crippen LogP contribution in [-0.4, -0.2) is 71.6 Å². The van der Waals surface area contributed by atoms with E-state index in [9.17, 15) is 24.0 Å². The predicted molar refractivity (Wildman–Crippen MR) is 79.1 cm³/mol. The Morgan fingerprint density at radius 2 is 1.58 bits per heavy atom. The first kappa shape index (κ1) is 21.3. The summed E-state index contributed by atoms with van der Waals surface area (Å²) in [6.07, 6.45) is -0.433. The zero-order chi connectivity index (χ0) is 18.7. The summed E-state index contributed by atoms with van der Waals surface area (Å²) < 4.78 is 0. The summed E-state index contributed by atoms with van der Waals surface area (Å²) >= 11 is 0. The fourth-order valence-electron chi connectivity index (χ4n) is 1.53. The second kappa shape index (κ2) is 10.9. The monoisotopic (exact) mass is 347 g/mol. The molecule has 0 saturated carbocycles. The Kier molecular flexibility index (Phi) is 9.67. The lowest BCUT2D eigenvalue weighted by molar-refractivity contribution is -0.142. The Hall–Kier alpha value is -2.73. The molecule has 24 heavy (non-hydrogen) atoms. The molecule has 0 heterocycles. The fraction of sp³-hybridized carbons (Fsp3) is 0.583. The number of carbonyl (C=O) groups is 5. The number of carboxylic acids is 1. The number of carbonyl (C=O) groups excluding carboxylic acids is 4. The van der Waals surface area contributed by atoms with Crippen LogP contribution in [0.3, 0.4) is 0 Å². The van der Waals surface area contributed by atoms with Gasteiger partial charge in [-0.1, -0.05) is 0 Å². The van der Waals surface area contributed by atoms with Gasteiger partial charge in [-0.05, 0) is 6.42 Å². The maximum absolute atomic E-state index is 11.7. The Morgan fingerprint density at radius 3 is 2.04 bits per heavy atom. The Morgan fingerprint density at radius 1 is 1.00 bits per heavy atom. The number of carboxylic acid groups (broad SMARTS) is 1. The molecule has 136 valence electrons. The molecular formula is C12H21N5O7. The maximum Gasteiger partial charge on any atom is 0.326 e. The van der Waals surface area contributed by atoms with Gasteiger partial charge in [-0.2, -0.15) is 0 Å². The minimum absolute atomic E-state index is 0.198. The molecule has 0 rings (SSSR count). The molecule has 12 heteroatoms. The lowest BCUT2D eigenvalue weighted by Crippen LogP contribution is -2.53. The van der Waals surface area contributed by atoms with Gasteiger partial charge in [0, 0.05) is 6.42 Å². The Balaban J connectivity index is 4.43. The van der Waals surface area contributed by atoms with Crippen LogP contribution in [0.25, 0.3) is 0 Å². The third kappa shape index (κ3) is 8.65. The van der Waals surface area contributed by atoms with Crippen LogP contribution in [0.5, 0.6) is 0 Å². The van der Waals surface area contributed by atoms with E-state index in [4.69, 9.17) is 21.7 Å². The molecule has 0 radical (unpaired) electrons. The number of hydrogen-bond donors (Lipinski definition) is 7. The van der Waals surface area contributed by atoms with Crippen molar-refractivity contribution >= 4 is 29.6 Å². The maximum atomic E-state index is 11.7. The molecule has 12 nitrogen and oxygen atoms in total. The Bertz CT molecular complexity index is 496. The first-order valence-corrected chi connectivity index (χ1v) is 6.89. The molecule has 0 aliphatic carbocycles.